The molecule has 1 amide bonds. The number of hydrogen-bond acceptors (Lipinski definition) is 7. The molecule has 1 saturated heterocycles. The normalized spacial score (nSPS) is 16.5. The van der Waals surface area contributed by atoms with Gasteiger partial charge in [0, 0.05) is 24.8 Å². The van der Waals surface area contributed by atoms with Crippen LogP contribution in [0.2, 0.25) is 5.02 Å². The Morgan fingerprint density at radius 1 is 0.974 bits per heavy atom. The quantitative estimate of drug-likeness (QED) is 0.206. The minimum absolute atomic E-state index is 0.125. The van der Waals surface area contributed by atoms with Crippen LogP contribution in [0.1, 0.15) is 36.6 Å². The number of ether oxygens (including phenoxy) is 2. The lowest BCUT2D eigenvalue weighted by atomic mass is 9.94. The van der Waals surface area contributed by atoms with Gasteiger partial charge in [0.25, 0.3) is 11.7 Å². The first kappa shape index (κ1) is 27.9. The van der Waals surface area contributed by atoms with Crippen LogP contribution in [0.5, 0.6) is 17.2 Å². The Balaban J connectivity index is 1.98. The summed E-state index contributed by atoms with van der Waals surface area (Å²) in [6, 6.07) is 14.1. The Bertz CT molecular complexity index is 1450. The summed E-state index contributed by atoms with van der Waals surface area (Å²) in [7, 11) is 2.86. The molecule has 3 aromatic carbocycles. The van der Waals surface area contributed by atoms with Gasteiger partial charge in [0.1, 0.15) is 23.0 Å². The molecule has 0 radical (unpaired) electrons. The molecule has 1 unspecified atom stereocenters. The molecule has 2 N–H and O–H groups in total. The van der Waals surface area contributed by atoms with Crippen molar-refractivity contribution >= 4 is 40.4 Å². The van der Waals surface area contributed by atoms with E-state index in [1.54, 1.807) is 12.1 Å². The number of ketones is 1. The number of anilines is 2. The number of aromatic hydroxyl groups is 1. The smallest absolute Gasteiger partial charge is 0.300 e. The van der Waals surface area contributed by atoms with Gasteiger partial charge in [0.2, 0.25) is 0 Å². The number of rotatable bonds is 8. The minimum Gasteiger partial charge on any atom is -0.507 e. The van der Waals surface area contributed by atoms with Crippen LogP contribution >= 0.6 is 11.6 Å². The second-order valence-electron chi connectivity index (χ2n) is 9.11. The van der Waals surface area contributed by atoms with Crippen molar-refractivity contribution in [1.29, 1.82) is 0 Å². The van der Waals surface area contributed by atoms with Gasteiger partial charge in [-0.1, -0.05) is 29.8 Å². The van der Waals surface area contributed by atoms with Crippen LogP contribution in [0.4, 0.5) is 11.4 Å². The molecule has 1 aliphatic rings. The van der Waals surface area contributed by atoms with Gasteiger partial charge in [-0.05, 0) is 62.2 Å². The topological polar surface area (TPSA) is 99.5 Å². The highest BCUT2D eigenvalue weighted by Crippen LogP contribution is 2.47. The molecule has 3 aromatic rings. The summed E-state index contributed by atoms with van der Waals surface area (Å²) in [5, 5.41) is 22.5. The second kappa shape index (κ2) is 11.3. The summed E-state index contributed by atoms with van der Waals surface area (Å²) in [5.74, 6) is -1.89. The number of amides is 1. The van der Waals surface area contributed by atoms with Gasteiger partial charge in [0.15, 0.2) is 0 Å². The Morgan fingerprint density at radius 3 is 2.21 bits per heavy atom. The zero-order valence-electron chi connectivity index (χ0n) is 22.5. The highest BCUT2D eigenvalue weighted by atomic mass is 35.5. The number of aliphatic hydroxyl groups is 1. The van der Waals surface area contributed by atoms with Crippen molar-refractivity contribution in [3.05, 3.63) is 81.9 Å². The van der Waals surface area contributed by atoms with E-state index in [2.05, 4.69) is 18.7 Å². The van der Waals surface area contributed by atoms with Crippen LogP contribution < -0.4 is 19.3 Å². The molecule has 0 spiro atoms. The summed E-state index contributed by atoms with van der Waals surface area (Å²) in [4.78, 5) is 30.5. The molecule has 0 aromatic heterocycles. The number of methoxy groups -OCH3 is 2. The standard InChI is InChI=1S/C30H31ClN2O6/c1-6-32(7-2)19-11-9-18(10-12-19)27-26(28(35)20-15-21(31)25(39-5)16-24(20)38-4)29(36)30(37)33(27)22-14-17(3)8-13-23(22)34/h8-16,27,34-35H,6-7H2,1-5H3/b28-26+. The first-order chi connectivity index (χ1) is 18.7. The second-order valence-corrected chi connectivity index (χ2v) is 9.52. The summed E-state index contributed by atoms with van der Waals surface area (Å²) in [5.41, 5.74) is 2.46. The van der Waals surface area contributed by atoms with Crippen LogP contribution in [0.3, 0.4) is 0 Å². The summed E-state index contributed by atoms with van der Waals surface area (Å²) < 4.78 is 10.7. The molecule has 8 nitrogen and oxygen atoms in total. The Labute approximate surface area is 232 Å². The van der Waals surface area contributed by atoms with Gasteiger partial charge in [0.05, 0.1) is 42.1 Å². The number of Topliss-reactive ketones (excluding diaryl/α,β-unsaturated/α-hetero) is 1. The third kappa shape index (κ3) is 5.00. The van der Waals surface area contributed by atoms with Crippen molar-refractivity contribution in [2.24, 2.45) is 0 Å². The molecule has 9 heteroatoms. The van der Waals surface area contributed by atoms with Gasteiger partial charge >= 0.3 is 0 Å². The fraction of sp³-hybridized carbons (Fsp3) is 0.267. The van der Waals surface area contributed by atoms with Crippen molar-refractivity contribution in [1.82, 2.24) is 0 Å². The molecular formula is C30H31ClN2O6. The molecule has 1 heterocycles. The fourth-order valence-electron chi connectivity index (χ4n) is 4.87. The van der Waals surface area contributed by atoms with Crippen molar-refractivity contribution in [2.45, 2.75) is 26.8 Å². The molecule has 0 aliphatic carbocycles. The van der Waals surface area contributed by atoms with Gasteiger partial charge in [-0.25, -0.2) is 0 Å². The highest BCUT2D eigenvalue weighted by Gasteiger charge is 2.48. The first-order valence-corrected chi connectivity index (χ1v) is 12.9. The van der Waals surface area contributed by atoms with E-state index >= 15 is 0 Å². The van der Waals surface area contributed by atoms with Crippen LogP contribution in [-0.4, -0.2) is 49.2 Å². The van der Waals surface area contributed by atoms with Crippen molar-refractivity contribution in [3.8, 4) is 17.2 Å². The molecule has 204 valence electrons. The zero-order valence-corrected chi connectivity index (χ0v) is 23.2. The number of phenols is 1. The Hall–Kier alpha value is -4.17. The van der Waals surface area contributed by atoms with Crippen molar-refractivity contribution in [3.63, 3.8) is 0 Å². The third-order valence-electron chi connectivity index (χ3n) is 6.90. The monoisotopic (exact) mass is 550 g/mol. The number of carbonyl (C=O) groups excluding carboxylic acids is 2. The van der Waals surface area contributed by atoms with Gasteiger partial charge in [-0.15, -0.1) is 0 Å². The van der Waals surface area contributed by atoms with E-state index in [4.69, 9.17) is 21.1 Å². The van der Waals surface area contributed by atoms with E-state index in [1.165, 1.54) is 37.3 Å². The van der Waals surface area contributed by atoms with Crippen molar-refractivity contribution in [2.75, 3.05) is 37.1 Å². The SMILES string of the molecule is CCN(CC)c1ccc(C2/C(=C(\O)c3cc(Cl)c(OC)cc3OC)C(=O)C(=O)N2c2cc(C)ccc2O)cc1. The number of nitrogens with zero attached hydrogens (tertiary/aromatic N) is 2. The van der Waals surface area contributed by atoms with Crippen LogP contribution in [0.15, 0.2) is 60.2 Å². The molecule has 4 rings (SSSR count). The number of aliphatic hydroxyl groups excluding tert-OH is 1. The average Bonchev–Trinajstić information content (AvgIpc) is 3.20. The summed E-state index contributed by atoms with van der Waals surface area (Å²) in [6.45, 7) is 7.55. The molecule has 1 fully saturated rings. The molecular weight excluding hydrogens is 520 g/mol. The van der Waals surface area contributed by atoms with E-state index in [1.807, 2.05) is 31.2 Å². The maximum Gasteiger partial charge on any atom is 0.300 e. The van der Waals surface area contributed by atoms with E-state index in [9.17, 15) is 19.8 Å². The maximum atomic E-state index is 13.6. The van der Waals surface area contributed by atoms with E-state index in [0.29, 0.717) is 11.3 Å². The van der Waals surface area contributed by atoms with E-state index in [-0.39, 0.29) is 33.3 Å². The molecule has 39 heavy (non-hydrogen) atoms. The molecule has 1 atom stereocenters. The molecule has 0 bridgehead atoms. The van der Waals surface area contributed by atoms with E-state index in [0.717, 1.165) is 24.3 Å². The molecule has 1 aliphatic heterocycles. The lowest BCUT2D eigenvalue weighted by molar-refractivity contribution is -0.132. The minimum atomic E-state index is -1.03. The largest absolute Gasteiger partial charge is 0.507 e. The van der Waals surface area contributed by atoms with E-state index < -0.39 is 23.5 Å². The summed E-state index contributed by atoms with van der Waals surface area (Å²) >= 11 is 6.35. The number of halogens is 1. The number of aryl methyl sites for hydroxylation is 1. The third-order valence-corrected chi connectivity index (χ3v) is 7.20. The number of hydrogen-bond donors (Lipinski definition) is 2. The van der Waals surface area contributed by atoms with Crippen LogP contribution in [0.25, 0.3) is 5.76 Å². The predicted molar refractivity (Wildman–Crippen MR) is 152 cm³/mol. The predicted octanol–water partition coefficient (Wildman–Crippen LogP) is 5.84. The maximum absolute atomic E-state index is 13.6. The van der Waals surface area contributed by atoms with Gasteiger partial charge in [-0.3, -0.25) is 14.5 Å². The Morgan fingerprint density at radius 2 is 1.62 bits per heavy atom. The zero-order chi connectivity index (χ0) is 28.4. The first-order valence-electron chi connectivity index (χ1n) is 12.5. The van der Waals surface area contributed by atoms with Gasteiger partial charge < -0.3 is 24.6 Å². The lowest BCUT2D eigenvalue weighted by Gasteiger charge is -2.27. The van der Waals surface area contributed by atoms with Crippen molar-refractivity contribution < 1.29 is 29.3 Å². The fourth-order valence-corrected chi connectivity index (χ4v) is 5.11. The summed E-state index contributed by atoms with van der Waals surface area (Å²) in [6.07, 6.45) is 0. The number of carbonyl (C=O) groups is 2. The Kier molecular flexibility index (Phi) is 8.06. The highest BCUT2D eigenvalue weighted by molar-refractivity contribution is 6.52. The van der Waals surface area contributed by atoms with Crippen LogP contribution in [-0.2, 0) is 9.59 Å². The number of phenolic OH excluding ortho intramolecular Hbond substituents is 1. The average molecular weight is 551 g/mol. The number of benzene rings is 3. The lowest BCUT2D eigenvalue weighted by Crippen LogP contribution is -2.29. The van der Waals surface area contributed by atoms with Crippen LogP contribution in [0, 0.1) is 6.92 Å². The molecule has 0 saturated carbocycles. The van der Waals surface area contributed by atoms with Gasteiger partial charge in [-0.2, -0.15) is 0 Å².